The highest BCUT2D eigenvalue weighted by molar-refractivity contribution is 6.05. The lowest BCUT2D eigenvalue weighted by atomic mass is 10.1. The van der Waals surface area contributed by atoms with Crippen molar-refractivity contribution in [2.75, 3.05) is 25.6 Å². The van der Waals surface area contributed by atoms with Crippen LogP contribution in [0.15, 0.2) is 34.9 Å². The standard InChI is InChI=1S/C16H20N2O4/c1-11(2)14-10-15(18-22-14)17-16(19)12-6-4-5-7-13(12)21-9-8-20-3/h4-7,10-11H,8-9H2,1-3H3,(H,17,18,19). The van der Waals surface area contributed by atoms with Gasteiger partial charge in [-0.25, -0.2) is 0 Å². The fraction of sp³-hybridized carbons (Fsp3) is 0.375. The van der Waals surface area contributed by atoms with E-state index in [0.29, 0.717) is 30.3 Å². The summed E-state index contributed by atoms with van der Waals surface area (Å²) in [5, 5.41) is 6.55. The van der Waals surface area contributed by atoms with Crippen LogP contribution < -0.4 is 10.1 Å². The molecule has 0 atom stereocenters. The molecular formula is C16H20N2O4. The van der Waals surface area contributed by atoms with Crippen molar-refractivity contribution in [1.29, 1.82) is 0 Å². The summed E-state index contributed by atoms with van der Waals surface area (Å²) in [6, 6.07) is 8.75. The number of benzene rings is 1. The third kappa shape index (κ3) is 4.08. The van der Waals surface area contributed by atoms with E-state index in [9.17, 15) is 4.79 Å². The van der Waals surface area contributed by atoms with Gasteiger partial charge in [0.1, 0.15) is 18.1 Å². The highest BCUT2D eigenvalue weighted by Gasteiger charge is 2.15. The second kappa shape index (κ2) is 7.61. The zero-order valence-electron chi connectivity index (χ0n) is 13.0. The number of hydrogen-bond donors (Lipinski definition) is 1. The van der Waals surface area contributed by atoms with Gasteiger partial charge in [0.15, 0.2) is 5.82 Å². The van der Waals surface area contributed by atoms with Crippen LogP contribution in [0.5, 0.6) is 5.75 Å². The number of rotatable bonds is 7. The van der Waals surface area contributed by atoms with Crippen molar-refractivity contribution in [3.8, 4) is 5.75 Å². The van der Waals surface area contributed by atoms with Gasteiger partial charge in [0, 0.05) is 19.1 Å². The lowest BCUT2D eigenvalue weighted by Gasteiger charge is -2.10. The molecule has 0 radical (unpaired) electrons. The Morgan fingerprint density at radius 2 is 2.09 bits per heavy atom. The summed E-state index contributed by atoms with van der Waals surface area (Å²) < 4.78 is 15.6. The van der Waals surface area contributed by atoms with Crippen molar-refractivity contribution in [3.05, 3.63) is 41.7 Å². The molecule has 0 aliphatic heterocycles. The second-order valence-electron chi connectivity index (χ2n) is 5.06. The lowest BCUT2D eigenvalue weighted by molar-refractivity contribution is 0.101. The average Bonchev–Trinajstić information content (AvgIpc) is 2.97. The molecule has 0 unspecified atom stereocenters. The van der Waals surface area contributed by atoms with Gasteiger partial charge in [0.2, 0.25) is 0 Å². The van der Waals surface area contributed by atoms with Crippen molar-refractivity contribution < 1.29 is 18.8 Å². The van der Waals surface area contributed by atoms with Gasteiger partial charge in [-0.1, -0.05) is 31.1 Å². The molecule has 6 nitrogen and oxygen atoms in total. The van der Waals surface area contributed by atoms with Gasteiger partial charge in [-0.15, -0.1) is 0 Å². The molecule has 0 fully saturated rings. The number of aromatic nitrogens is 1. The van der Waals surface area contributed by atoms with E-state index in [4.69, 9.17) is 14.0 Å². The van der Waals surface area contributed by atoms with Crippen molar-refractivity contribution in [1.82, 2.24) is 5.16 Å². The van der Waals surface area contributed by atoms with Gasteiger partial charge in [-0.05, 0) is 12.1 Å². The van der Waals surface area contributed by atoms with Gasteiger partial charge < -0.3 is 19.3 Å². The van der Waals surface area contributed by atoms with Crippen molar-refractivity contribution in [2.45, 2.75) is 19.8 Å². The van der Waals surface area contributed by atoms with Gasteiger partial charge in [0.05, 0.1) is 12.2 Å². The Balaban J connectivity index is 2.08. The number of amides is 1. The van der Waals surface area contributed by atoms with E-state index in [1.165, 1.54) is 0 Å². The van der Waals surface area contributed by atoms with E-state index in [1.807, 2.05) is 19.9 Å². The number of nitrogens with zero attached hydrogens (tertiary/aromatic N) is 1. The molecule has 6 heteroatoms. The normalized spacial score (nSPS) is 10.7. The smallest absolute Gasteiger partial charge is 0.260 e. The number of methoxy groups -OCH3 is 1. The van der Waals surface area contributed by atoms with Gasteiger partial charge in [0.25, 0.3) is 5.91 Å². The number of carbonyl (C=O) groups is 1. The Labute approximate surface area is 129 Å². The zero-order chi connectivity index (χ0) is 15.9. The number of ether oxygens (including phenoxy) is 2. The fourth-order valence-corrected chi connectivity index (χ4v) is 1.82. The molecule has 0 saturated carbocycles. The van der Waals surface area contributed by atoms with E-state index in [2.05, 4.69) is 10.5 Å². The minimum Gasteiger partial charge on any atom is -0.490 e. The maximum Gasteiger partial charge on any atom is 0.260 e. The Hall–Kier alpha value is -2.34. The average molecular weight is 304 g/mol. The second-order valence-corrected chi connectivity index (χ2v) is 5.06. The highest BCUT2D eigenvalue weighted by Crippen LogP contribution is 2.21. The summed E-state index contributed by atoms with van der Waals surface area (Å²) in [5.74, 6) is 1.53. The minimum atomic E-state index is -0.295. The molecule has 0 bridgehead atoms. The highest BCUT2D eigenvalue weighted by atomic mass is 16.5. The van der Waals surface area contributed by atoms with Crippen LogP contribution in [0.25, 0.3) is 0 Å². The molecular weight excluding hydrogens is 284 g/mol. The first kappa shape index (κ1) is 16.0. The first-order valence-electron chi connectivity index (χ1n) is 7.10. The number of nitrogens with one attached hydrogen (secondary N) is 1. The number of para-hydroxylation sites is 1. The van der Waals surface area contributed by atoms with Crippen LogP contribution in [0, 0.1) is 0 Å². The monoisotopic (exact) mass is 304 g/mol. The summed E-state index contributed by atoms with van der Waals surface area (Å²) in [4.78, 5) is 12.3. The Kier molecular flexibility index (Phi) is 5.55. The quantitative estimate of drug-likeness (QED) is 0.796. The molecule has 0 saturated heterocycles. The topological polar surface area (TPSA) is 73.6 Å². The molecule has 2 aromatic rings. The van der Waals surface area contributed by atoms with Gasteiger partial charge in [-0.2, -0.15) is 0 Å². The largest absolute Gasteiger partial charge is 0.490 e. The Morgan fingerprint density at radius 1 is 1.32 bits per heavy atom. The molecule has 0 aliphatic carbocycles. The fourth-order valence-electron chi connectivity index (χ4n) is 1.82. The van der Waals surface area contributed by atoms with E-state index < -0.39 is 0 Å². The van der Waals surface area contributed by atoms with E-state index in [0.717, 1.165) is 5.76 Å². The lowest BCUT2D eigenvalue weighted by Crippen LogP contribution is -2.15. The summed E-state index contributed by atoms with van der Waals surface area (Å²) in [7, 11) is 1.60. The zero-order valence-corrected chi connectivity index (χ0v) is 13.0. The molecule has 1 heterocycles. The van der Waals surface area contributed by atoms with Gasteiger partial charge in [-0.3, -0.25) is 4.79 Å². The minimum absolute atomic E-state index is 0.211. The predicted molar refractivity (Wildman–Crippen MR) is 82.4 cm³/mol. The SMILES string of the molecule is COCCOc1ccccc1C(=O)Nc1cc(C(C)C)on1. The molecule has 1 amide bonds. The molecule has 118 valence electrons. The van der Waals surface area contributed by atoms with Crippen LogP contribution in [0.4, 0.5) is 5.82 Å². The molecule has 0 spiro atoms. The summed E-state index contributed by atoms with van der Waals surface area (Å²) in [6.45, 7) is 4.81. The van der Waals surface area contributed by atoms with Crippen LogP contribution in [-0.2, 0) is 4.74 Å². The third-order valence-corrected chi connectivity index (χ3v) is 3.02. The van der Waals surface area contributed by atoms with Crippen molar-refractivity contribution in [3.63, 3.8) is 0 Å². The maximum atomic E-state index is 12.3. The summed E-state index contributed by atoms with van der Waals surface area (Å²) in [6.07, 6.45) is 0. The third-order valence-electron chi connectivity index (χ3n) is 3.02. The van der Waals surface area contributed by atoms with Crippen LogP contribution in [0.3, 0.4) is 0 Å². The van der Waals surface area contributed by atoms with E-state index in [1.54, 1.807) is 31.4 Å². The number of carbonyl (C=O) groups excluding carboxylic acids is 1. The van der Waals surface area contributed by atoms with E-state index >= 15 is 0 Å². The van der Waals surface area contributed by atoms with Crippen LogP contribution in [-0.4, -0.2) is 31.4 Å². The van der Waals surface area contributed by atoms with Crippen LogP contribution in [0.2, 0.25) is 0 Å². The molecule has 22 heavy (non-hydrogen) atoms. The van der Waals surface area contributed by atoms with Crippen molar-refractivity contribution >= 4 is 11.7 Å². The molecule has 2 rings (SSSR count). The number of anilines is 1. The number of hydrogen-bond acceptors (Lipinski definition) is 5. The maximum absolute atomic E-state index is 12.3. The molecule has 1 N–H and O–H groups in total. The van der Waals surface area contributed by atoms with Crippen LogP contribution >= 0.6 is 0 Å². The van der Waals surface area contributed by atoms with Crippen LogP contribution in [0.1, 0.15) is 35.9 Å². The van der Waals surface area contributed by atoms with Crippen molar-refractivity contribution in [2.24, 2.45) is 0 Å². The predicted octanol–water partition coefficient (Wildman–Crippen LogP) is 3.08. The summed E-state index contributed by atoms with van der Waals surface area (Å²) >= 11 is 0. The van der Waals surface area contributed by atoms with E-state index in [-0.39, 0.29) is 11.8 Å². The first-order valence-corrected chi connectivity index (χ1v) is 7.10. The molecule has 0 aliphatic rings. The van der Waals surface area contributed by atoms with Gasteiger partial charge >= 0.3 is 0 Å². The molecule has 1 aromatic heterocycles. The first-order chi connectivity index (χ1) is 10.6. The molecule has 1 aromatic carbocycles. The Morgan fingerprint density at radius 3 is 2.77 bits per heavy atom. The Bertz CT molecular complexity index is 622. The summed E-state index contributed by atoms with van der Waals surface area (Å²) in [5.41, 5.74) is 0.438.